The van der Waals surface area contributed by atoms with Gasteiger partial charge in [-0.05, 0) is 31.1 Å². The van der Waals surface area contributed by atoms with Gasteiger partial charge in [-0.1, -0.05) is 46.5 Å². The number of allylic oxidation sites excluding steroid dienone is 1. The average Bonchev–Trinajstić information content (AvgIpc) is 2.28. The van der Waals surface area contributed by atoms with Crippen molar-refractivity contribution in [3.05, 3.63) is 23.5 Å². The summed E-state index contributed by atoms with van der Waals surface area (Å²) in [6.07, 6.45) is 8.80. The third-order valence-electron chi connectivity index (χ3n) is 4.33. The van der Waals surface area contributed by atoms with E-state index < -0.39 is 11.0 Å². The molecule has 1 unspecified atom stereocenters. The summed E-state index contributed by atoms with van der Waals surface area (Å²) in [5.41, 5.74) is -0.340. The normalized spacial score (nSPS) is 27.6. The number of aliphatic hydroxyl groups excluding tert-OH is 1. The summed E-state index contributed by atoms with van der Waals surface area (Å²) in [6, 6.07) is 0. The second kappa shape index (κ2) is 5.26. The smallest absolute Gasteiger partial charge is 0.114 e. The molecule has 98 valence electrons. The molecule has 0 saturated carbocycles. The van der Waals surface area contributed by atoms with Crippen molar-refractivity contribution in [2.24, 2.45) is 5.41 Å². The second-order valence-electron chi connectivity index (χ2n) is 5.70. The first-order valence-corrected chi connectivity index (χ1v) is 6.67. The van der Waals surface area contributed by atoms with Crippen LogP contribution in [0.5, 0.6) is 0 Å². The lowest BCUT2D eigenvalue weighted by atomic mass is 9.65. The van der Waals surface area contributed by atoms with Crippen molar-refractivity contribution in [3.8, 4) is 0 Å². The Morgan fingerprint density at radius 2 is 1.82 bits per heavy atom. The quantitative estimate of drug-likeness (QED) is 0.707. The van der Waals surface area contributed by atoms with Gasteiger partial charge in [-0.15, -0.1) is 0 Å². The van der Waals surface area contributed by atoms with Crippen LogP contribution in [0.1, 0.15) is 59.8 Å². The largest absolute Gasteiger partial charge is 0.508 e. The first kappa shape index (κ1) is 14.3. The SMILES string of the molecule is CCCCCCC1(O)C=CC(O)=C(C)C1(C)C. The number of unbranched alkanes of at least 4 members (excludes halogenated alkanes) is 3. The summed E-state index contributed by atoms with van der Waals surface area (Å²) >= 11 is 0. The fourth-order valence-corrected chi connectivity index (χ4v) is 2.41. The predicted octanol–water partition coefficient (Wildman–Crippen LogP) is 4.12. The average molecular weight is 238 g/mol. The molecule has 2 nitrogen and oxygen atoms in total. The molecular weight excluding hydrogens is 212 g/mol. The maximum atomic E-state index is 10.8. The number of hydrogen-bond donors (Lipinski definition) is 2. The molecule has 1 aliphatic rings. The molecule has 2 N–H and O–H groups in total. The zero-order valence-electron chi connectivity index (χ0n) is 11.6. The topological polar surface area (TPSA) is 40.5 Å². The van der Waals surface area contributed by atoms with Crippen molar-refractivity contribution in [2.45, 2.75) is 65.4 Å². The van der Waals surface area contributed by atoms with Crippen LogP contribution in [0.4, 0.5) is 0 Å². The minimum absolute atomic E-state index is 0.299. The number of hydrogen-bond acceptors (Lipinski definition) is 2. The van der Waals surface area contributed by atoms with E-state index in [0.717, 1.165) is 24.8 Å². The molecule has 1 rings (SSSR count). The van der Waals surface area contributed by atoms with E-state index >= 15 is 0 Å². The van der Waals surface area contributed by atoms with Gasteiger partial charge in [0, 0.05) is 5.41 Å². The van der Waals surface area contributed by atoms with Crippen molar-refractivity contribution in [1.82, 2.24) is 0 Å². The zero-order chi connectivity index (χ0) is 13.1. The molecule has 0 amide bonds. The summed E-state index contributed by atoms with van der Waals surface area (Å²) in [5.74, 6) is 0.299. The summed E-state index contributed by atoms with van der Waals surface area (Å²) < 4.78 is 0. The molecule has 0 aromatic heterocycles. The molecule has 0 spiro atoms. The molecule has 0 bridgehead atoms. The van der Waals surface area contributed by atoms with Gasteiger partial charge in [0.05, 0.1) is 5.60 Å². The van der Waals surface area contributed by atoms with Gasteiger partial charge < -0.3 is 10.2 Å². The highest BCUT2D eigenvalue weighted by atomic mass is 16.3. The van der Waals surface area contributed by atoms with E-state index in [1.54, 1.807) is 12.2 Å². The Labute approximate surface area is 105 Å². The Bertz CT molecular complexity index is 326. The van der Waals surface area contributed by atoms with Gasteiger partial charge in [-0.3, -0.25) is 0 Å². The first-order chi connectivity index (χ1) is 7.85. The molecule has 17 heavy (non-hydrogen) atoms. The van der Waals surface area contributed by atoms with Crippen LogP contribution in [0.15, 0.2) is 23.5 Å². The van der Waals surface area contributed by atoms with Crippen molar-refractivity contribution in [1.29, 1.82) is 0 Å². The van der Waals surface area contributed by atoms with E-state index in [0.29, 0.717) is 5.76 Å². The van der Waals surface area contributed by atoms with Gasteiger partial charge in [0.1, 0.15) is 5.76 Å². The van der Waals surface area contributed by atoms with Crippen LogP contribution in [-0.4, -0.2) is 15.8 Å². The third kappa shape index (κ3) is 2.74. The Balaban J connectivity index is 2.73. The van der Waals surface area contributed by atoms with E-state index in [-0.39, 0.29) is 0 Å². The van der Waals surface area contributed by atoms with E-state index in [1.807, 2.05) is 20.8 Å². The summed E-state index contributed by atoms with van der Waals surface area (Å²) in [4.78, 5) is 0. The molecule has 0 fully saturated rings. The van der Waals surface area contributed by atoms with Crippen molar-refractivity contribution >= 4 is 0 Å². The summed E-state index contributed by atoms with van der Waals surface area (Å²) in [5, 5.41) is 20.5. The predicted molar refractivity (Wildman–Crippen MR) is 72.0 cm³/mol. The van der Waals surface area contributed by atoms with Crippen molar-refractivity contribution < 1.29 is 10.2 Å². The minimum atomic E-state index is -0.822. The fourth-order valence-electron chi connectivity index (χ4n) is 2.41. The lowest BCUT2D eigenvalue weighted by Gasteiger charge is -2.44. The van der Waals surface area contributed by atoms with E-state index in [4.69, 9.17) is 0 Å². The molecule has 0 saturated heterocycles. The Morgan fingerprint density at radius 3 is 2.41 bits per heavy atom. The zero-order valence-corrected chi connectivity index (χ0v) is 11.6. The first-order valence-electron chi connectivity index (χ1n) is 6.67. The molecule has 1 atom stereocenters. The van der Waals surface area contributed by atoms with E-state index in [1.165, 1.54) is 12.8 Å². The highest BCUT2D eigenvalue weighted by Gasteiger charge is 2.45. The fraction of sp³-hybridized carbons (Fsp3) is 0.733. The highest BCUT2D eigenvalue weighted by Crippen LogP contribution is 2.45. The van der Waals surface area contributed by atoms with Gasteiger partial charge in [0.2, 0.25) is 0 Å². The van der Waals surface area contributed by atoms with Crippen molar-refractivity contribution in [2.75, 3.05) is 0 Å². The van der Waals surface area contributed by atoms with Gasteiger partial charge in [-0.2, -0.15) is 0 Å². The molecular formula is C15H26O2. The van der Waals surface area contributed by atoms with Crippen LogP contribution in [0.25, 0.3) is 0 Å². The van der Waals surface area contributed by atoms with Gasteiger partial charge in [0.15, 0.2) is 0 Å². The van der Waals surface area contributed by atoms with E-state index in [2.05, 4.69) is 6.92 Å². The van der Waals surface area contributed by atoms with Crippen LogP contribution in [0.3, 0.4) is 0 Å². The molecule has 1 aliphatic carbocycles. The number of aliphatic hydroxyl groups is 2. The van der Waals surface area contributed by atoms with Crippen LogP contribution in [0.2, 0.25) is 0 Å². The molecule has 0 aromatic carbocycles. The molecule has 0 aliphatic heterocycles. The van der Waals surface area contributed by atoms with Gasteiger partial charge in [-0.25, -0.2) is 0 Å². The van der Waals surface area contributed by atoms with Gasteiger partial charge in [0.25, 0.3) is 0 Å². The minimum Gasteiger partial charge on any atom is -0.508 e. The van der Waals surface area contributed by atoms with Crippen LogP contribution in [-0.2, 0) is 0 Å². The van der Waals surface area contributed by atoms with Crippen LogP contribution < -0.4 is 0 Å². The Morgan fingerprint density at radius 1 is 1.18 bits per heavy atom. The Hall–Kier alpha value is -0.760. The third-order valence-corrected chi connectivity index (χ3v) is 4.33. The summed E-state index contributed by atoms with van der Waals surface area (Å²) in [7, 11) is 0. The van der Waals surface area contributed by atoms with Crippen LogP contribution in [0, 0.1) is 5.41 Å². The lowest BCUT2D eigenvalue weighted by molar-refractivity contribution is -0.0174. The molecule has 0 heterocycles. The maximum absolute atomic E-state index is 10.8. The Kier molecular flexibility index (Phi) is 4.42. The van der Waals surface area contributed by atoms with Crippen LogP contribution >= 0.6 is 0 Å². The molecule has 2 heteroatoms. The van der Waals surface area contributed by atoms with Gasteiger partial charge >= 0.3 is 0 Å². The molecule has 0 aromatic rings. The number of rotatable bonds is 5. The van der Waals surface area contributed by atoms with E-state index in [9.17, 15) is 10.2 Å². The lowest BCUT2D eigenvalue weighted by Crippen LogP contribution is -2.45. The highest BCUT2D eigenvalue weighted by molar-refractivity contribution is 5.35. The summed E-state index contributed by atoms with van der Waals surface area (Å²) in [6.45, 7) is 8.09. The maximum Gasteiger partial charge on any atom is 0.114 e. The second-order valence-corrected chi connectivity index (χ2v) is 5.70. The molecule has 0 radical (unpaired) electrons. The monoisotopic (exact) mass is 238 g/mol. The van der Waals surface area contributed by atoms with Crippen molar-refractivity contribution in [3.63, 3.8) is 0 Å². The standard InChI is InChI=1S/C15H26O2/c1-5-6-7-8-10-15(17)11-9-13(16)12(2)14(15,3)4/h9,11,16-17H,5-8,10H2,1-4H3.